The second kappa shape index (κ2) is 15.0. The fourth-order valence-corrected chi connectivity index (χ4v) is 5.02. The molecule has 11 heteroatoms. The van der Waals surface area contributed by atoms with Crippen molar-refractivity contribution in [3.05, 3.63) is 89.4 Å². The molecule has 1 aromatic heterocycles. The van der Waals surface area contributed by atoms with E-state index in [4.69, 9.17) is 10.5 Å². The standard InChI is InChI=1S/C32H36F4N4O3/c33-31-24(11-4-5-14-27(31)32(34,35)36)12-8-15-29(41)40(21-30(42)39-18-7-6-13-25(37)20-39)28-17-16-26(19-38-28)43-22-23-9-2-1-3-10-23/h1-5,9-11,16-17,19,25H,6-8,12-15,18,20-22,37H2. The van der Waals surface area contributed by atoms with Crippen LogP contribution < -0.4 is 15.4 Å². The Morgan fingerprint density at radius 3 is 2.63 bits per heavy atom. The van der Waals surface area contributed by atoms with Crippen molar-refractivity contribution in [2.45, 2.75) is 63.8 Å². The molecule has 1 unspecified atom stereocenters. The Kier molecular flexibility index (Phi) is 11.1. The first kappa shape index (κ1) is 31.9. The zero-order valence-electron chi connectivity index (χ0n) is 23.9. The highest BCUT2D eigenvalue weighted by Gasteiger charge is 2.37. The minimum atomic E-state index is -4.79. The van der Waals surface area contributed by atoms with Crippen molar-refractivity contribution in [1.29, 1.82) is 0 Å². The summed E-state index contributed by atoms with van der Waals surface area (Å²) in [4.78, 5) is 34.0. The Bertz CT molecular complexity index is 1340. The van der Waals surface area contributed by atoms with Crippen LogP contribution in [-0.2, 0) is 16.2 Å². The summed E-state index contributed by atoms with van der Waals surface area (Å²) in [6.45, 7) is 0.962. The first-order valence-corrected chi connectivity index (χ1v) is 14.4. The van der Waals surface area contributed by atoms with Crippen LogP contribution >= 0.6 is 0 Å². The molecule has 230 valence electrons. The number of alkyl halides is 3. The zero-order valence-corrected chi connectivity index (χ0v) is 23.9. The van der Waals surface area contributed by atoms with Crippen molar-refractivity contribution in [2.24, 2.45) is 5.73 Å². The molecule has 1 aliphatic carbocycles. The van der Waals surface area contributed by atoms with Crippen LogP contribution in [0.5, 0.6) is 5.75 Å². The van der Waals surface area contributed by atoms with E-state index in [1.54, 1.807) is 17.0 Å². The molecule has 2 heterocycles. The van der Waals surface area contributed by atoms with Gasteiger partial charge in [0, 0.05) is 25.6 Å². The number of carbonyl (C=O) groups excluding carboxylic acids is 2. The maximum absolute atomic E-state index is 14.7. The summed E-state index contributed by atoms with van der Waals surface area (Å²) in [7, 11) is 0. The van der Waals surface area contributed by atoms with Gasteiger partial charge < -0.3 is 15.4 Å². The van der Waals surface area contributed by atoms with Gasteiger partial charge in [-0.15, -0.1) is 0 Å². The number of anilines is 1. The van der Waals surface area contributed by atoms with Crippen molar-refractivity contribution in [3.8, 4) is 5.75 Å². The van der Waals surface area contributed by atoms with E-state index in [2.05, 4.69) is 4.98 Å². The van der Waals surface area contributed by atoms with E-state index in [1.807, 2.05) is 30.3 Å². The molecule has 4 rings (SSSR count). The first-order chi connectivity index (χ1) is 20.6. The summed E-state index contributed by atoms with van der Waals surface area (Å²) in [5.74, 6) is -1.34. The fraction of sp³-hybridized carbons (Fsp3) is 0.406. The monoisotopic (exact) mass is 600 g/mol. The summed E-state index contributed by atoms with van der Waals surface area (Å²) >= 11 is 0. The molecule has 1 atom stereocenters. The SMILES string of the molecule is NC1CCCCN(C(=O)CN(C(=O)CCCC2=CC=CCC(C(F)(F)F)=C2F)c2ccc(OCc3ccccc3)cn2)C1. The minimum Gasteiger partial charge on any atom is -0.487 e. The normalized spacial score (nSPS) is 17.7. The molecule has 2 aliphatic rings. The lowest BCUT2D eigenvalue weighted by Gasteiger charge is -2.27. The van der Waals surface area contributed by atoms with Gasteiger partial charge in [-0.25, -0.2) is 9.37 Å². The third-order valence-electron chi connectivity index (χ3n) is 7.38. The molecular weight excluding hydrogens is 564 g/mol. The Hall–Kier alpha value is -3.99. The van der Waals surface area contributed by atoms with E-state index < -0.39 is 29.9 Å². The molecule has 0 bridgehead atoms. The zero-order chi connectivity index (χ0) is 30.8. The predicted molar refractivity (Wildman–Crippen MR) is 156 cm³/mol. The molecule has 7 nitrogen and oxygen atoms in total. The number of likely N-dealkylation sites (tertiary alicyclic amines) is 1. The van der Waals surface area contributed by atoms with Crippen molar-refractivity contribution >= 4 is 17.6 Å². The van der Waals surface area contributed by atoms with Gasteiger partial charge in [0.1, 0.15) is 30.5 Å². The Balaban J connectivity index is 1.46. The smallest absolute Gasteiger partial charge is 0.415 e. The molecule has 1 saturated heterocycles. The highest BCUT2D eigenvalue weighted by Crippen LogP contribution is 2.37. The summed E-state index contributed by atoms with van der Waals surface area (Å²) in [5, 5.41) is 0. The molecule has 43 heavy (non-hydrogen) atoms. The number of nitrogens with two attached hydrogens (primary N) is 1. The molecule has 1 aliphatic heterocycles. The van der Waals surface area contributed by atoms with E-state index in [1.165, 1.54) is 29.3 Å². The number of hydrogen-bond donors (Lipinski definition) is 1. The molecule has 2 aromatic rings. The first-order valence-electron chi connectivity index (χ1n) is 14.4. The number of benzene rings is 1. The lowest BCUT2D eigenvalue weighted by Crippen LogP contribution is -2.46. The molecule has 0 radical (unpaired) electrons. The lowest BCUT2D eigenvalue weighted by atomic mass is 10.0. The van der Waals surface area contributed by atoms with Gasteiger partial charge in [-0.2, -0.15) is 13.2 Å². The number of rotatable bonds is 10. The van der Waals surface area contributed by atoms with Crippen molar-refractivity contribution < 1.29 is 31.9 Å². The van der Waals surface area contributed by atoms with Gasteiger partial charge in [-0.1, -0.05) is 55.0 Å². The number of hydrogen-bond acceptors (Lipinski definition) is 5. The molecule has 1 fully saturated rings. The topological polar surface area (TPSA) is 88.8 Å². The molecular formula is C32H36F4N4O3. The maximum Gasteiger partial charge on any atom is 0.415 e. The number of carbonyl (C=O) groups is 2. The number of halogens is 4. The molecule has 2 N–H and O–H groups in total. The number of allylic oxidation sites excluding steroid dienone is 6. The van der Waals surface area contributed by atoms with E-state index in [0.717, 1.165) is 24.8 Å². The third kappa shape index (κ3) is 9.25. The van der Waals surface area contributed by atoms with Crippen LogP contribution in [0.15, 0.2) is 83.9 Å². The summed E-state index contributed by atoms with van der Waals surface area (Å²) in [6, 6.07) is 12.6. The number of amides is 2. The van der Waals surface area contributed by atoms with E-state index in [9.17, 15) is 27.2 Å². The van der Waals surface area contributed by atoms with Crippen LogP contribution in [0.4, 0.5) is 23.4 Å². The van der Waals surface area contributed by atoms with Crippen molar-refractivity contribution in [1.82, 2.24) is 9.88 Å². The molecule has 1 aromatic carbocycles. The highest BCUT2D eigenvalue weighted by molar-refractivity contribution is 5.98. The van der Waals surface area contributed by atoms with Crippen LogP contribution in [0.3, 0.4) is 0 Å². The Morgan fingerprint density at radius 1 is 1.12 bits per heavy atom. The Labute approximate surface area is 248 Å². The van der Waals surface area contributed by atoms with Crippen LogP contribution in [0.1, 0.15) is 50.5 Å². The van der Waals surface area contributed by atoms with E-state index in [0.29, 0.717) is 25.4 Å². The van der Waals surface area contributed by atoms with Crippen LogP contribution in [0.2, 0.25) is 0 Å². The molecule has 2 amide bonds. The van der Waals surface area contributed by atoms with Gasteiger partial charge in [-0.3, -0.25) is 14.5 Å². The van der Waals surface area contributed by atoms with E-state index in [-0.39, 0.29) is 49.1 Å². The number of aromatic nitrogens is 1. The number of nitrogens with zero attached hydrogens (tertiary/aromatic N) is 3. The average molecular weight is 601 g/mol. The van der Waals surface area contributed by atoms with Gasteiger partial charge in [0.05, 0.1) is 11.8 Å². The second-order valence-corrected chi connectivity index (χ2v) is 10.7. The van der Waals surface area contributed by atoms with E-state index >= 15 is 0 Å². The van der Waals surface area contributed by atoms with Gasteiger partial charge in [0.15, 0.2) is 0 Å². The van der Waals surface area contributed by atoms with Crippen molar-refractivity contribution in [2.75, 3.05) is 24.5 Å². The highest BCUT2D eigenvalue weighted by atomic mass is 19.4. The van der Waals surface area contributed by atoms with Crippen LogP contribution in [0.25, 0.3) is 0 Å². The summed E-state index contributed by atoms with van der Waals surface area (Å²) in [5.41, 5.74) is 5.75. The van der Waals surface area contributed by atoms with Gasteiger partial charge in [0.2, 0.25) is 11.8 Å². The predicted octanol–water partition coefficient (Wildman–Crippen LogP) is 6.18. The quantitative estimate of drug-likeness (QED) is 0.329. The van der Waals surface area contributed by atoms with Crippen LogP contribution in [0, 0.1) is 0 Å². The minimum absolute atomic E-state index is 0.0780. The second-order valence-electron chi connectivity index (χ2n) is 10.7. The number of ether oxygens (including phenoxy) is 1. The maximum atomic E-state index is 14.7. The van der Waals surface area contributed by atoms with Gasteiger partial charge in [0.25, 0.3) is 0 Å². The fourth-order valence-electron chi connectivity index (χ4n) is 5.02. The molecule has 0 spiro atoms. The molecule has 0 saturated carbocycles. The largest absolute Gasteiger partial charge is 0.487 e. The lowest BCUT2D eigenvalue weighted by molar-refractivity contribution is -0.131. The van der Waals surface area contributed by atoms with Crippen LogP contribution in [-0.4, -0.2) is 53.6 Å². The number of pyridine rings is 1. The average Bonchev–Trinajstić information content (AvgIpc) is 3.33. The van der Waals surface area contributed by atoms with Gasteiger partial charge in [-0.05, 0) is 55.4 Å². The summed E-state index contributed by atoms with van der Waals surface area (Å²) < 4.78 is 60.4. The van der Waals surface area contributed by atoms with Gasteiger partial charge >= 0.3 is 6.18 Å². The summed E-state index contributed by atoms with van der Waals surface area (Å²) in [6.07, 6.45) is 2.46. The third-order valence-corrected chi connectivity index (χ3v) is 7.38. The van der Waals surface area contributed by atoms with Crippen molar-refractivity contribution in [3.63, 3.8) is 0 Å². The Morgan fingerprint density at radius 2 is 1.91 bits per heavy atom.